The maximum Gasteiger partial charge on any atom is 0.319 e. The average Bonchev–Trinajstić information content (AvgIpc) is 2.72. The predicted molar refractivity (Wildman–Crippen MR) is 137 cm³/mol. The van der Waals surface area contributed by atoms with E-state index in [2.05, 4.69) is 41.5 Å². The molecule has 0 bridgehead atoms. The first-order valence-corrected chi connectivity index (χ1v) is 14.1. The van der Waals surface area contributed by atoms with Gasteiger partial charge < -0.3 is 4.43 Å². The third-order valence-corrected chi connectivity index (χ3v) is 6.97. The van der Waals surface area contributed by atoms with E-state index in [0.717, 1.165) is 24.8 Å². The van der Waals surface area contributed by atoms with Crippen LogP contribution in [0.2, 0.25) is 0 Å². The zero-order valence-corrected chi connectivity index (χ0v) is 23.7. The van der Waals surface area contributed by atoms with Crippen LogP contribution in [0.3, 0.4) is 0 Å². The minimum atomic E-state index is 0.00682. The second-order valence-corrected chi connectivity index (χ2v) is 9.92. The van der Waals surface area contributed by atoms with Crippen molar-refractivity contribution in [3.8, 4) is 0 Å². The molecule has 0 aromatic carbocycles. The SMILES string of the molecule is CCCC(CCC)CC(CC(CCC)CCC)=C(CC(CCC)CCC)C(=O)O[SiH3]. The fourth-order valence-electron chi connectivity index (χ4n) is 5.31. The van der Waals surface area contributed by atoms with Crippen LogP contribution in [-0.4, -0.2) is 16.5 Å². The highest BCUT2D eigenvalue weighted by Crippen LogP contribution is 2.35. The second kappa shape index (κ2) is 19.1. The van der Waals surface area contributed by atoms with Gasteiger partial charge in [0.05, 0.1) is 0 Å². The molecule has 178 valence electrons. The van der Waals surface area contributed by atoms with Crippen molar-refractivity contribution in [3.63, 3.8) is 0 Å². The van der Waals surface area contributed by atoms with Crippen LogP contribution in [-0.2, 0) is 9.22 Å². The Balaban J connectivity index is 6.06. The fraction of sp³-hybridized carbons (Fsp3) is 0.889. The van der Waals surface area contributed by atoms with E-state index in [4.69, 9.17) is 4.43 Å². The van der Waals surface area contributed by atoms with Crippen molar-refractivity contribution in [1.82, 2.24) is 0 Å². The van der Waals surface area contributed by atoms with Crippen molar-refractivity contribution in [2.24, 2.45) is 17.8 Å². The topological polar surface area (TPSA) is 26.3 Å². The monoisotopic (exact) mass is 438 g/mol. The predicted octanol–water partition coefficient (Wildman–Crippen LogP) is 7.93. The molecule has 2 nitrogen and oxygen atoms in total. The Kier molecular flexibility index (Phi) is 18.8. The molecule has 30 heavy (non-hydrogen) atoms. The van der Waals surface area contributed by atoms with Crippen molar-refractivity contribution in [2.75, 3.05) is 0 Å². The Hall–Kier alpha value is -0.573. The van der Waals surface area contributed by atoms with Gasteiger partial charge in [-0.1, -0.05) is 124 Å². The molecule has 0 aliphatic rings. The van der Waals surface area contributed by atoms with Gasteiger partial charge in [0.1, 0.15) is 0 Å². The van der Waals surface area contributed by atoms with E-state index in [0.29, 0.717) is 28.2 Å². The normalized spacial score (nSPS) is 11.6. The lowest BCUT2D eigenvalue weighted by Crippen LogP contribution is -2.17. The molecule has 0 unspecified atom stereocenters. The van der Waals surface area contributed by atoms with Crippen LogP contribution >= 0.6 is 0 Å². The zero-order chi connectivity index (χ0) is 22.8. The Morgan fingerprint density at radius 2 is 0.900 bits per heavy atom. The smallest absolute Gasteiger partial charge is 0.319 e. The maximum absolute atomic E-state index is 13.0. The average molecular weight is 439 g/mol. The molecule has 0 aromatic rings. The fourth-order valence-corrected chi connectivity index (χ4v) is 5.55. The minimum absolute atomic E-state index is 0.00682. The number of hydrogen-bond acceptors (Lipinski definition) is 2. The number of carbonyl (C=O) groups excluding carboxylic acids is 1. The number of rotatable bonds is 19. The van der Waals surface area contributed by atoms with Gasteiger partial charge in [-0.05, 0) is 37.0 Å². The first-order chi connectivity index (χ1) is 14.5. The first-order valence-electron chi connectivity index (χ1n) is 13.3. The van der Waals surface area contributed by atoms with Crippen molar-refractivity contribution < 1.29 is 9.22 Å². The van der Waals surface area contributed by atoms with E-state index < -0.39 is 0 Å². The van der Waals surface area contributed by atoms with Crippen LogP contribution in [0.1, 0.15) is 138 Å². The lowest BCUT2D eigenvalue weighted by atomic mass is 9.80. The van der Waals surface area contributed by atoms with Crippen molar-refractivity contribution >= 4 is 16.5 Å². The van der Waals surface area contributed by atoms with E-state index in [1.54, 1.807) is 0 Å². The van der Waals surface area contributed by atoms with Crippen LogP contribution in [0.4, 0.5) is 0 Å². The summed E-state index contributed by atoms with van der Waals surface area (Å²) in [6, 6.07) is 0. The summed E-state index contributed by atoms with van der Waals surface area (Å²) in [6.07, 6.45) is 18.1. The molecule has 0 spiro atoms. The number of carbonyl (C=O) groups is 1. The summed E-state index contributed by atoms with van der Waals surface area (Å²) < 4.78 is 5.50. The molecule has 0 aromatic heterocycles. The van der Waals surface area contributed by atoms with Gasteiger partial charge in [0, 0.05) is 5.57 Å². The molecule has 0 rings (SSSR count). The summed E-state index contributed by atoms with van der Waals surface area (Å²) in [5.74, 6) is 2.06. The van der Waals surface area contributed by atoms with E-state index in [1.807, 2.05) is 0 Å². The van der Waals surface area contributed by atoms with E-state index in [9.17, 15) is 4.79 Å². The molecule has 0 heterocycles. The van der Waals surface area contributed by atoms with Gasteiger partial charge in [-0.3, -0.25) is 0 Å². The third-order valence-electron chi connectivity index (χ3n) is 6.60. The van der Waals surface area contributed by atoms with Crippen LogP contribution < -0.4 is 0 Å². The molecule has 0 N–H and O–H groups in total. The van der Waals surface area contributed by atoms with Gasteiger partial charge in [-0.15, -0.1) is 0 Å². The molecule has 0 fully saturated rings. The van der Waals surface area contributed by atoms with Crippen LogP contribution in [0.15, 0.2) is 11.1 Å². The zero-order valence-electron chi connectivity index (χ0n) is 21.7. The third kappa shape index (κ3) is 12.3. The molecule has 0 aliphatic heterocycles. The quantitative estimate of drug-likeness (QED) is 0.151. The molecule has 0 saturated carbocycles. The summed E-state index contributed by atoms with van der Waals surface area (Å²) in [7, 11) is 0.492. The summed E-state index contributed by atoms with van der Waals surface area (Å²) in [5, 5.41) is 0. The highest BCUT2D eigenvalue weighted by Gasteiger charge is 2.24. The Morgan fingerprint density at radius 1 is 0.600 bits per heavy atom. The van der Waals surface area contributed by atoms with Crippen LogP contribution in [0.25, 0.3) is 0 Å². The number of hydrogen-bond donors (Lipinski definition) is 0. The highest BCUT2D eigenvalue weighted by molar-refractivity contribution is 6.09. The number of allylic oxidation sites excluding steroid dienone is 1. The van der Waals surface area contributed by atoms with E-state index >= 15 is 0 Å². The van der Waals surface area contributed by atoms with Gasteiger partial charge in [0.2, 0.25) is 10.5 Å². The summed E-state index contributed by atoms with van der Waals surface area (Å²) >= 11 is 0. The van der Waals surface area contributed by atoms with Crippen LogP contribution in [0.5, 0.6) is 0 Å². The summed E-state index contributed by atoms with van der Waals surface area (Å²) in [4.78, 5) is 13.0. The minimum Gasteiger partial charge on any atom is -0.525 e. The molecule has 0 saturated heterocycles. The Morgan fingerprint density at radius 3 is 1.17 bits per heavy atom. The molecular weight excluding hydrogens is 384 g/mol. The molecule has 0 radical (unpaired) electrons. The first kappa shape index (κ1) is 29.4. The Bertz CT molecular complexity index is 420. The van der Waals surface area contributed by atoms with Gasteiger partial charge >= 0.3 is 5.97 Å². The van der Waals surface area contributed by atoms with Crippen molar-refractivity contribution in [2.45, 2.75) is 138 Å². The summed E-state index contributed by atoms with van der Waals surface area (Å²) in [5.41, 5.74) is 2.54. The molecule has 3 heteroatoms. The molecule has 0 aliphatic carbocycles. The van der Waals surface area contributed by atoms with Gasteiger partial charge in [0.25, 0.3) is 0 Å². The standard InChI is InChI=1S/C27H54O2Si/c1-7-13-22(14-8-2)19-25(20-23(15-9-3)16-10-4)26(27(28)29-30)21-24(17-11-5)18-12-6/h22-24H,7-21H2,1-6,30H3. The summed E-state index contributed by atoms with van der Waals surface area (Å²) in [6.45, 7) is 13.7. The molecule has 0 atom stereocenters. The van der Waals surface area contributed by atoms with E-state index in [1.165, 1.54) is 82.6 Å². The highest BCUT2D eigenvalue weighted by atomic mass is 28.2. The lowest BCUT2D eigenvalue weighted by molar-refractivity contribution is -0.130. The molecular formula is C27H54O2Si. The van der Waals surface area contributed by atoms with Crippen LogP contribution in [0, 0.1) is 17.8 Å². The van der Waals surface area contributed by atoms with Crippen molar-refractivity contribution in [1.29, 1.82) is 0 Å². The van der Waals surface area contributed by atoms with Gasteiger partial charge in [0.15, 0.2) is 0 Å². The van der Waals surface area contributed by atoms with Gasteiger partial charge in [-0.2, -0.15) is 0 Å². The van der Waals surface area contributed by atoms with E-state index in [-0.39, 0.29) is 5.97 Å². The largest absolute Gasteiger partial charge is 0.525 e. The lowest BCUT2D eigenvalue weighted by Gasteiger charge is -2.26. The van der Waals surface area contributed by atoms with Crippen molar-refractivity contribution in [3.05, 3.63) is 11.1 Å². The molecule has 0 amide bonds. The van der Waals surface area contributed by atoms with Gasteiger partial charge in [-0.25, -0.2) is 4.79 Å². The second-order valence-electron chi connectivity index (χ2n) is 9.52. The maximum atomic E-state index is 13.0. The Labute approximate surface area is 192 Å².